The molecular formula is C14H27NO2. The molecule has 0 atom stereocenters. The quantitative estimate of drug-likeness (QED) is 0.794. The first kappa shape index (κ1) is 14.5. The molecule has 0 heterocycles. The number of nitrogens with one attached hydrogen (secondary N) is 1. The minimum absolute atomic E-state index is 0.109. The van der Waals surface area contributed by atoms with Crippen molar-refractivity contribution in [3.05, 3.63) is 0 Å². The van der Waals surface area contributed by atoms with Gasteiger partial charge in [-0.05, 0) is 12.8 Å². The number of aliphatic hydroxyl groups is 1. The Kier molecular flexibility index (Phi) is 5.96. The van der Waals surface area contributed by atoms with E-state index in [-0.39, 0.29) is 23.8 Å². The van der Waals surface area contributed by atoms with E-state index in [0.717, 1.165) is 12.8 Å². The fraction of sp³-hybridized carbons (Fsp3) is 0.929. The minimum atomic E-state index is -0.211. The highest BCUT2D eigenvalue weighted by atomic mass is 16.3. The van der Waals surface area contributed by atoms with E-state index >= 15 is 0 Å². The molecule has 3 heteroatoms. The maximum Gasteiger partial charge on any atom is 0.223 e. The first-order valence-corrected chi connectivity index (χ1v) is 6.94. The first-order chi connectivity index (χ1) is 8.05. The molecule has 1 aliphatic rings. The molecule has 1 rings (SSSR count). The van der Waals surface area contributed by atoms with Crippen LogP contribution in [-0.2, 0) is 4.79 Å². The number of aliphatic hydroxyl groups excluding tert-OH is 1. The summed E-state index contributed by atoms with van der Waals surface area (Å²) in [6, 6.07) is 0. The standard InChI is InChI=1S/C14H27NO2/c1-14(2,11-16)10-15-13(17)12-8-6-4-3-5-7-9-12/h12,16H,3-11H2,1-2H3,(H,15,17). The Morgan fingerprint density at radius 1 is 1.18 bits per heavy atom. The van der Waals surface area contributed by atoms with Gasteiger partial charge < -0.3 is 10.4 Å². The third-order valence-corrected chi connectivity index (χ3v) is 3.65. The van der Waals surface area contributed by atoms with Crippen molar-refractivity contribution in [3.63, 3.8) is 0 Å². The van der Waals surface area contributed by atoms with Crippen molar-refractivity contribution in [1.82, 2.24) is 5.32 Å². The van der Waals surface area contributed by atoms with Gasteiger partial charge in [0.05, 0.1) is 0 Å². The molecule has 1 saturated carbocycles. The van der Waals surface area contributed by atoms with Crippen LogP contribution in [0, 0.1) is 11.3 Å². The topological polar surface area (TPSA) is 49.3 Å². The monoisotopic (exact) mass is 241 g/mol. The molecule has 1 fully saturated rings. The van der Waals surface area contributed by atoms with Gasteiger partial charge in [-0.1, -0.05) is 46.0 Å². The van der Waals surface area contributed by atoms with E-state index in [0.29, 0.717) is 6.54 Å². The lowest BCUT2D eigenvalue weighted by Crippen LogP contribution is -2.39. The molecule has 0 radical (unpaired) electrons. The number of carbonyl (C=O) groups is 1. The van der Waals surface area contributed by atoms with Crippen molar-refractivity contribution in [1.29, 1.82) is 0 Å². The van der Waals surface area contributed by atoms with Crippen LogP contribution < -0.4 is 5.32 Å². The van der Waals surface area contributed by atoms with Gasteiger partial charge in [0.1, 0.15) is 0 Å². The Morgan fingerprint density at radius 2 is 1.71 bits per heavy atom. The van der Waals surface area contributed by atoms with Crippen LogP contribution in [0.15, 0.2) is 0 Å². The maximum atomic E-state index is 12.0. The zero-order valence-corrected chi connectivity index (χ0v) is 11.3. The molecule has 0 spiro atoms. The summed E-state index contributed by atoms with van der Waals surface area (Å²) in [5, 5.41) is 12.1. The van der Waals surface area contributed by atoms with Crippen LogP contribution in [-0.4, -0.2) is 24.2 Å². The Labute approximate surface area is 105 Å². The molecule has 0 unspecified atom stereocenters. The predicted octanol–water partition coefficient (Wildman–Crippen LogP) is 2.48. The van der Waals surface area contributed by atoms with Crippen molar-refractivity contribution in [2.24, 2.45) is 11.3 Å². The van der Waals surface area contributed by atoms with Crippen LogP contribution in [0.1, 0.15) is 58.8 Å². The van der Waals surface area contributed by atoms with Crippen molar-refractivity contribution >= 4 is 5.91 Å². The largest absolute Gasteiger partial charge is 0.396 e. The highest BCUT2D eigenvalue weighted by Gasteiger charge is 2.22. The van der Waals surface area contributed by atoms with E-state index in [1.165, 1.54) is 32.1 Å². The number of amides is 1. The van der Waals surface area contributed by atoms with Gasteiger partial charge in [0.15, 0.2) is 0 Å². The highest BCUT2D eigenvalue weighted by Crippen LogP contribution is 2.22. The Hall–Kier alpha value is -0.570. The van der Waals surface area contributed by atoms with Crippen molar-refractivity contribution in [2.75, 3.05) is 13.2 Å². The third-order valence-electron chi connectivity index (χ3n) is 3.65. The second-order valence-electron chi connectivity index (χ2n) is 6.08. The number of rotatable bonds is 4. The average Bonchev–Trinajstić information content (AvgIpc) is 2.26. The molecular weight excluding hydrogens is 214 g/mol. The molecule has 0 aromatic carbocycles. The number of hydrogen-bond acceptors (Lipinski definition) is 2. The summed E-state index contributed by atoms with van der Waals surface area (Å²) in [5.41, 5.74) is -0.211. The SMILES string of the molecule is CC(C)(CO)CNC(=O)C1CCCCCCC1. The van der Waals surface area contributed by atoms with Gasteiger partial charge in [-0.3, -0.25) is 4.79 Å². The van der Waals surface area contributed by atoms with E-state index in [1.54, 1.807) is 0 Å². The lowest BCUT2D eigenvalue weighted by molar-refractivity contribution is -0.126. The molecule has 3 nitrogen and oxygen atoms in total. The second-order valence-corrected chi connectivity index (χ2v) is 6.08. The molecule has 0 saturated heterocycles. The normalized spacial score (nSPS) is 19.5. The zero-order valence-electron chi connectivity index (χ0n) is 11.3. The van der Waals surface area contributed by atoms with Crippen LogP contribution in [0.5, 0.6) is 0 Å². The maximum absolute atomic E-state index is 12.0. The van der Waals surface area contributed by atoms with E-state index < -0.39 is 0 Å². The molecule has 0 aromatic heterocycles. The summed E-state index contributed by atoms with van der Waals surface area (Å²) in [6.07, 6.45) is 8.30. The smallest absolute Gasteiger partial charge is 0.223 e. The Balaban J connectivity index is 2.34. The summed E-state index contributed by atoms with van der Waals surface area (Å²) >= 11 is 0. The van der Waals surface area contributed by atoms with Crippen LogP contribution in [0.3, 0.4) is 0 Å². The van der Waals surface area contributed by atoms with Gasteiger partial charge in [-0.2, -0.15) is 0 Å². The molecule has 0 aliphatic heterocycles. The van der Waals surface area contributed by atoms with Gasteiger partial charge in [-0.15, -0.1) is 0 Å². The Bertz CT molecular complexity index is 230. The van der Waals surface area contributed by atoms with Crippen LogP contribution in [0.2, 0.25) is 0 Å². The predicted molar refractivity (Wildman–Crippen MR) is 69.7 cm³/mol. The van der Waals surface area contributed by atoms with Crippen molar-refractivity contribution < 1.29 is 9.90 Å². The zero-order chi connectivity index (χ0) is 12.7. The van der Waals surface area contributed by atoms with Gasteiger partial charge in [0.2, 0.25) is 5.91 Å². The van der Waals surface area contributed by atoms with Gasteiger partial charge in [0, 0.05) is 24.5 Å². The van der Waals surface area contributed by atoms with E-state index in [9.17, 15) is 4.79 Å². The van der Waals surface area contributed by atoms with E-state index in [4.69, 9.17) is 5.11 Å². The summed E-state index contributed by atoms with van der Waals surface area (Å²) in [6.45, 7) is 4.60. The van der Waals surface area contributed by atoms with Gasteiger partial charge in [-0.25, -0.2) is 0 Å². The summed E-state index contributed by atoms with van der Waals surface area (Å²) in [5.74, 6) is 0.387. The molecule has 0 aromatic rings. The molecule has 100 valence electrons. The minimum Gasteiger partial charge on any atom is -0.396 e. The molecule has 1 amide bonds. The summed E-state index contributed by atoms with van der Waals surface area (Å²) < 4.78 is 0. The fourth-order valence-electron chi connectivity index (χ4n) is 2.24. The number of carbonyl (C=O) groups excluding carboxylic acids is 1. The van der Waals surface area contributed by atoms with Crippen LogP contribution in [0.4, 0.5) is 0 Å². The van der Waals surface area contributed by atoms with Crippen LogP contribution in [0.25, 0.3) is 0 Å². The summed E-state index contributed by atoms with van der Waals surface area (Å²) in [7, 11) is 0. The van der Waals surface area contributed by atoms with E-state index in [2.05, 4.69) is 5.32 Å². The molecule has 0 bridgehead atoms. The molecule has 1 aliphatic carbocycles. The van der Waals surface area contributed by atoms with E-state index in [1.807, 2.05) is 13.8 Å². The number of hydrogen-bond donors (Lipinski definition) is 2. The molecule has 17 heavy (non-hydrogen) atoms. The van der Waals surface area contributed by atoms with Crippen molar-refractivity contribution in [3.8, 4) is 0 Å². The fourth-order valence-corrected chi connectivity index (χ4v) is 2.24. The van der Waals surface area contributed by atoms with Crippen LogP contribution >= 0.6 is 0 Å². The second kappa shape index (κ2) is 7.00. The lowest BCUT2D eigenvalue weighted by Gasteiger charge is -2.25. The first-order valence-electron chi connectivity index (χ1n) is 6.94. The van der Waals surface area contributed by atoms with Gasteiger partial charge in [0.25, 0.3) is 0 Å². The average molecular weight is 241 g/mol. The highest BCUT2D eigenvalue weighted by molar-refractivity contribution is 5.78. The Morgan fingerprint density at radius 3 is 2.24 bits per heavy atom. The molecule has 2 N–H and O–H groups in total. The van der Waals surface area contributed by atoms with Gasteiger partial charge >= 0.3 is 0 Å². The third kappa shape index (κ3) is 5.53. The van der Waals surface area contributed by atoms with Crippen molar-refractivity contribution in [2.45, 2.75) is 58.8 Å². The summed E-state index contributed by atoms with van der Waals surface area (Å²) in [4.78, 5) is 12.0. The lowest BCUT2D eigenvalue weighted by atomic mass is 9.89.